The van der Waals surface area contributed by atoms with Gasteiger partial charge in [0.15, 0.2) is 0 Å². The van der Waals surface area contributed by atoms with E-state index < -0.39 is 0 Å². The van der Waals surface area contributed by atoms with Crippen LogP contribution < -0.4 is 15.4 Å². The molecule has 2 aromatic carbocycles. The van der Waals surface area contributed by atoms with Crippen molar-refractivity contribution in [3.05, 3.63) is 59.9 Å². The topological polar surface area (TPSA) is 50.4 Å². The fraction of sp³-hybridized carbons (Fsp3) is 0.235. The van der Waals surface area contributed by atoms with Crippen molar-refractivity contribution in [3.8, 4) is 5.75 Å². The Kier molecular flexibility index (Phi) is 5.91. The third-order valence-electron chi connectivity index (χ3n) is 3.18. The lowest BCUT2D eigenvalue weighted by molar-refractivity contribution is -0.115. The molecule has 1 amide bonds. The normalized spacial score (nSPS) is 10.3. The molecule has 2 rings (SSSR count). The first kappa shape index (κ1) is 16.0. The fourth-order valence-corrected chi connectivity index (χ4v) is 2.07. The zero-order chi connectivity index (χ0) is 15.8. The summed E-state index contributed by atoms with van der Waals surface area (Å²) in [7, 11) is 1.64. The molecule has 0 aliphatic carbocycles. The monoisotopic (exact) mass is 302 g/mol. The van der Waals surface area contributed by atoms with Crippen LogP contribution in [0.15, 0.2) is 48.5 Å². The molecule has 0 atom stereocenters. The molecule has 2 aromatic rings. The summed E-state index contributed by atoms with van der Waals surface area (Å²) >= 11 is 0. The Morgan fingerprint density at radius 3 is 2.59 bits per heavy atom. The van der Waals surface area contributed by atoms with Crippen LogP contribution in [0.1, 0.15) is 5.56 Å². The second-order valence-corrected chi connectivity index (χ2v) is 4.79. The van der Waals surface area contributed by atoms with Crippen LogP contribution in [-0.2, 0) is 11.2 Å². The van der Waals surface area contributed by atoms with Gasteiger partial charge in [-0.3, -0.25) is 4.79 Å². The van der Waals surface area contributed by atoms with E-state index in [0.29, 0.717) is 12.2 Å². The van der Waals surface area contributed by atoms with Crippen LogP contribution in [0.5, 0.6) is 5.75 Å². The van der Waals surface area contributed by atoms with Gasteiger partial charge in [0.05, 0.1) is 13.7 Å². The summed E-state index contributed by atoms with van der Waals surface area (Å²) in [5.74, 6) is 0.361. The first-order valence-electron chi connectivity index (χ1n) is 7.07. The SMILES string of the molecule is COc1ccccc1CCNCC(=O)Nc1ccc(F)cc1. The average molecular weight is 302 g/mol. The van der Waals surface area contributed by atoms with Gasteiger partial charge >= 0.3 is 0 Å². The Morgan fingerprint density at radius 2 is 1.86 bits per heavy atom. The van der Waals surface area contributed by atoms with Gasteiger partial charge in [0.1, 0.15) is 11.6 Å². The first-order chi connectivity index (χ1) is 10.7. The molecule has 0 aromatic heterocycles. The maximum atomic E-state index is 12.8. The van der Waals surface area contributed by atoms with Crippen molar-refractivity contribution >= 4 is 11.6 Å². The molecular weight excluding hydrogens is 283 g/mol. The molecular formula is C17H19FN2O2. The number of hydrogen-bond donors (Lipinski definition) is 2. The van der Waals surface area contributed by atoms with Crippen molar-refractivity contribution in [2.45, 2.75) is 6.42 Å². The number of halogens is 1. The van der Waals surface area contributed by atoms with E-state index in [1.807, 2.05) is 24.3 Å². The molecule has 0 aliphatic heterocycles. The molecule has 5 heteroatoms. The molecule has 2 N–H and O–H groups in total. The largest absolute Gasteiger partial charge is 0.496 e. The Morgan fingerprint density at radius 1 is 1.14 bits per heavy atom. The molecule has 0 aliphatic rings. The lowest BCUT2D eigenvalue weighted by atomic mass is 10.1. The summed E-state index contributed by atoms with van der Waals surface area (Å²) in [6.07, 6.45) is 0.772. The molecule has 0 bridgehead atoms. The molecule has 116 valence electrons. The van der Waals surface area contributed by atoms with E-state index in [4.69, 9.17) is 4.74 Å². The van der Waals surface area contributed by atoms with Crippen LogP contribution in [0, 0.1) is 5.82 Å². The number of carbonyl (C=O) groups is 1. The highest BCUT2D eigenvalue weighted by Crippen LogP contribution is 2.17. The van der Waals surface area contributed by atoms with Gasteiger partial charge in [0, 0.05) is 5.69 Å². The lowest BCUT2D eigenvalue weighted by Gasteiger charge is -2.09. The van der Waals surface area contributed by atoms with Crippen LogP contribution in [0.3, 0.4) is 0 Å². The van der Waals surface area contributed by atoms with Crippen molar-refractivity contribution < 1.29 is 13.9 Å². The van der Waals surface area contributed by atoms with E-state index >= 15 is 0 Å². The third kappa shape index (κ3) is 4.86. The number of para-hydroxylation sites is 1. The van der Waals surface area contributed by atoms with Gasteiger partial charge < -0.3 is 15.4 Å². The van der Waals surface area contributed by atoms with Crippen LogP contribution in [0.25, 0.3) is 0 Å². The number of nitrogens with one attached hydrogen (secondary N) is 2. The molecule has 22 heavy (non-hydrogen) atoms. The predicted molar refractivity (Wildman–Crippen MR) is 84.6 cm³/mol. The minimum absolute atomic E-state index is 0.161. The van der Waals surface area contributed by atoms with Crippen molar-refractivity contribution in [2.24, 2.45) is 0 Å². The summed E-state index contributed by atoms with van der Waals surface area (Å²) in [6, 6.07) is 13.5. The molecule has 0 spiro atoms. The molecule has 4 nitrogen and oxygen atoms in total. The maximum Gasteiger partial charge on any atom is 0.238 e. The highest BCUT2D eigenvalue weighted by atomic mass is 19.1. The fourth-order valence-electron chi connectivity index (χ4n) is 2.07. The van der Waals surface area contributed by atoms with Gasteiger partial charge in [-0.05, 0) is 48.9 Å². The minimum Gasteiger partial charge on any atom is -0.496 e. The summed E-state index contributed by atoms with van der Waals surface area (Å²) in [4.78, 5) is 11.7. The Labute approximate surface area is 129 Å². The number of benzene rings is 2. The van der Waals surface area contributed by atoms with Crippen molar-refractivity contribution in [2.75, 3.05) is 25.5 Å². The summed E-state index contributed by atoms with van der Waals surface area (Å²) < 4.78 is 18.0. The zero-order valence-electron chi connectivity index (χ0n) is 12.4. The summed E-state index contributed by atoms with van der Waals surface area (Å²) in [5.41, 5.74) is 1.68. The van der Waals surface area contributed by atoms with E-state index in [2.05, 4.69) is 10.6 Å². The highest BCUT2D eigenvalue weighted by Gasteiger charge is 2.04. The number of hydrogen-bond acceptors (Lipinski definition) is 3. The van der Waals surface area contributed by atoms with Gasteiger partial charge in [-0.2, -0.15) is 0 Å². The molecule has 0 radical (unpaired) electrons. The van der Waals surface area contributed by atoms with Crippen LogP contribution in [-0.4, -0.2) is 26.1 Å². The highest BCUT2D eigenvalue weighted by molar-refractivity contribution is 5.92. The van der Waals surface area contributed by atoms with Crippen molar-refractivity contribution in [1.82, 2.24) is 5.32 Å². The Bertz CT molecular complexity index is 614. The summed E-state index contributed by atoms with van der Waals surface area (Å²) in [5, 5.41) is 5.77. The Hall–Kier alpha value is -2.40. The zero-order valence-corrected chi connectivity index (χ0v) is 12.4. The molecule has 0 heterocycles. The van der Waals surface area contributed by atoms with Crippen LogP contribution in [0.2, 0.25) is 0 Å². The molecule has 0 fully saturated rings. The second kappa shape index (κ2) is 8.14. The molecule has 0 saturated carbocycles. The van der Waals surface area contributed by atoms with Gasteiger partial charge in [0.2, 0.25) is 5.91 Å². The average Bonchev–Trinajstić information content (AvgIpc) is 2.54. The maximum absolute atomic E-state index is 12.8. The predicted octanol–water partition coefficient (Wildman–Crippen LogP) is 2.61. The number of carbonyl (C=O) groups excluding carboxylic acids is 1. The lowest BCUT2D eigenvalue weighted by Crippen LogP contribution is -2.29. The van der Waals surface area contributed by atoms with Crippen molar-refractivity contribution in [1.29, 1.82) is 0 Å². The van der Waals surface area contributed by atoms with Crippen LogP contribution >= 0.6 is 0 Å². The number of anilines is 1. The second-order valence-electron chi connectivity index (χ2n) is 4.79. The summed E-state index contributed by atoms with van der Waals surface area (Å²) in [6.45, 7) is 0.865. The number of methoxy groups -OCH3 is 1. The Balaban J connectivity index is 1.72. The van der Waals surface area contributed by atoms with Crippen molar-refractivity contribution in [3.63, 3.8) is 0 Å². The minimum atomic E-state index is -0.326. The van der Waals surface area contributed by atoms with Gasteiger partial charge in [-0.25, -0.2) is 4.39 Å². The van der Waals surface area contributed by atoms with Crippen LogP contribution in [0.4, 0.5) is 10.1 Å². The standard InChI is InChI=1S/C17H19FN2O2/c1-22-16-5-3-2-4-13(16)10-11-19-12-17(21)20-15-8-6-14(18)7-9-15/h2-9,19H,10-12H2,1H3,(H,20,21). The van der Waals surface area contributed by atoms with E-state index in [9.17, 15) is 9.18 Å². The molecule has 0 unspecified atom stereocenters. The van der Waals surface area contributed by atoms with E-state index in [1.165, 1.54) is 24.3 Å². The van der Waals surface area contributed by atoms with E-state index in [1.54, 1.807) is 7.11 Å². The van der Waals surface area contributed by atoms with Gasteiger partial charge in [-0.15, -0.1) is 0 Å². The first-order valence-corrected chi connectivity index (χ1v) is 7.07. The quantitative estimate of drug-likeness (QED) is 0.773. The van der Waals surface area contributed by atoms with Gasteiger partial charge in [0.25, 0.3) is 0 Å². The van der Waals surface area contributed by atoms with E-state index in [0.717, 1.165) is 17.7 Å². The van der Waals surface area contributed by atoms with Gasteiger partial charge in [-0.1, -0.05) is 18.2 Å². The smallest absolute Gasteiger partial charge is 0.238 e. The molecule has 0 saturated heterocycles. The number of ether oxygens (including phenoxy) is 1. The van der Waals surface area contributed by atoms with E-state index in [-0.39, 0.29) is 18.3 Å². The number of amides is 1. The third-order valence-corrected chi connectivity index (χ3v) is 3.18. The number of rotatable bonds is 7.